The molecule has 6 nitrogen and oxygen atoms in total. The second kappa shape index (κ2) is 7.66. The van der Waals surface area contributed by atoms with E-state index in [1.807, 2.05) is 11.8 Å². The third-order valence-corrected chi connectivity index (χ3v) is 6.19. The summed E-state index contributed by atoms with van der Waals surface area (Å²) in [5, 5.41) is 5.23. The van der Waals surface area contributed by atoms with E-state index in [1.54, 1.807) is 6.07 Å². The van der Waals surface area contributed by atoms with Crippen LogP contribution in [0.1, 0.15) is 54.9 Å². The van der Waals surface area contributed by atoms with Crippen LogP contribution >= 0.6 is 0 Å². The van der Waals surface area contributed by atoms with Crippen LogP contribution in [-0.2, 0) is 14.8 Å². The third-order valence-electron chi connectivity index (χ3n) is 5.27. The predicted octanol–water partition coefficient (Wildman–Crippen LogP) is 2.45. The van der Waals surface area contributed by atoms with Gasteiger partial charge in [-0.25, -0.2) is 13.6 Å². The fraction of sp³-hybridized carbons (Fsp3) is 0.632. The lowest BCUT2D eigenvalue weighted by atomic mass is 10.0. The zero-order chi connectivity index (χ0) is 18.9. The van der Waals surface area contributed by atoms with E-state index in [0.29, 0.717) is 24.6 Å². The lowest BCUT2D eigenvalue weighted by Gasteiger charge is -2.38. The number of carbonyl (C=O) groups is 1. The van der Waals surface area contributed by atoms with E-state index >= 15 is 0 Å². The van der Waals surface area contributed by atoms with Crippen LogP contribution in [0.2, 0.25) is 0 Å². The van der Waals surface area contributed by atoms with Crippen molar-refractivity contribution in [1.29, 1.82) is 0 Å². The van der Waals surface area contributed by atoms with Gasteiger partial charge in [0.1, 0.15) is 0 Å². The number of amides is 1. The highest BCUT2D eigenvalue weighted by Gasteiger charge is 2.39. The van der Waals surface area contributed by atoms with Gasteiger partial charge < -0.3 is 9.64 Å². The second-order valence-electron chi connectivity index (χ2n) is 7.51. The Morgan fingerprint density at radius 1 is 1.31 bits per heavy atom. The Hall–Kier alpha value is -1.44. The molecule has 144 valence electrons. The largest absolute Gasteiger partial charge is 0.371 e. The summed E-state index contributed by atoms with van der Waals surface area (Å²) >= 11 is 0. The SMILES string of the molecule is CCCC[C@@H]1CN(C(=O)c2cc(S(N)(=O)=O)ccc2C)C[C@H](C2CC2)O1. The topological polar surface area (TPSA) is 89.7 Å². The molecule has 1 saturated heterocycles. The van der Waals surface area contributed by atoms with Gasteiger partial charge in [-0.3, -0.25) is 4.79 Å². The number of hydrogen-bond acceptors (Lipinski definition) is 4. The molecule has 3 rings (SSSR count). The van der Waals surface area contributed by atoms with E-state index in [2.05, 4.69) is 6.92 Å². The number of aryl methyl sites for hydroxylation is 1. The Kier molecular flexibility index (Phi) is 5.69. The van der Waals surface area contributed by atoms with Crippen LogP contribution in [0, 0.1) is 12.8 Å². The van der Waals surface area contributed by atoms with E-state index in [9.17, 15) is 13.2 Å². The van der Waals surface area contributed by atoms with E-state index in [4.69, 9.17) is 9.88 Å². The Balaban J connectivity index is 1.83. The standard InChI is InChI=1S/C19H28N2O4S/c1-3-4-5-15-11-21(12-18(25-15)14-7-8-14)19(22)17-10-16(26(20,23)24)9-6-13(17)2/h6,9-10,14-15,18H,3-5,7-8,11-12H2,1-2H3,(H2,20,23,24)/t15-,18-/m1/s1. The maximum absolute atomic E-state index is 13.1. The highest BCUT2D eigenvalue weighted by Crippen LogP contribution is 2.37. The van der Waals surface area contributed by atoms with Crippen LogP contribution in [0.15, 0.2) is 23.1 Å². The number of nitrogens with two attached hydrogens (primary N) is 1. The minimum absolute atomic E-state index is 0.0269. The van der Waals surface area contributed by atoms with Crippen molar-refractivity contribution in [2.24, 2.45) is 11.1 Å². The number of morpholine rings is 1. The molecule has 0 spiro atoms. The summed E-state index contributed by atoms with van der Waals surface area (Å²) in [6, 6.07) is 4.48. The van der Waals surface area contributed by atoms with E-state index < -0.39 is 10.0 Å². The fourth-order valence-electron chi connectivity index (χ4n) is 3.53. The normalized spacial score (nSPS) is 23.9. The minimum Gasteiger partial charge on any atom is -0.371 e. The molecule has 0 bridgehead atoms. The number of sulfonamides is 1. The molecule has 1 aromatic rings. The van der Waals surface area contributed by atoms with Gasteiger partial charge in [-0.05, 0) is 49.8 Å². The molecule has 26 heavy (non-hydrogen) atoms. The van der Waals surface area contributed by atoms with Crippen LogP contribution in [0.4, 0.5) is 0 Å². The summed E-state index contributed by atoms with van der Waals surface area (Å²) in [7, 11) is -3.84. The first kappa shape index (κ1) is 19.3. The number of unbranched alkanes of at least 4 members (excludes halogenated alkanes) is 1. The summed E-state index contributed by atoms with van der Waals surface area (Å²) in [6.45, 7) is 5.09. The van der Waals surface area contributed by atoms with Crippen molar-refractivity contribution in [1.82, 2.24) is 4.90 Å². The van der Waals surface area contributed by atoms with Crippen molar-refractivity contribution in [2.75, 3.05) is 13.1 Å². The van der Waals surface area contributed by atoms with Gasteiger partial charge in [-0.15, -0.1) is 0 Å². The number of ether oxygens (including phenoxy) is 1. The maximum Gasteiger partial charge on any atom is 0.254 e. The maximum atomic E-state index is 13.1. The van der Waals surface area contributed by atoms with Crippen molar-refractivity contribution >= 4 is 15.9 Å². The van der Waals surface area contributed by atoms with Crippen LogP contribution in [0.3, 0.4) is 0 Å². The summed E-state index contributed by atoms with van der Waals surface area (Å²) in [4.78, 5) is 15.0. The zero-order valence-electron chi connectivity index (χ0n) is 15.5. The Morgan fingerprint density at radius 2 is 2.04 bits per heavy atom. The first-order valence-electron chi connectivity index (χ1n) is 9.37. The highest BCUT2D eigenvalue weighted by molar-refractivity contribution is 7.89. The van der Waals surface area contributed by atoms with E-state index in [1.165, 1.54) is 12.1 Å². The lowest BCUT2D eigenvalue weighted by Crippen LogP contribution is -2.51. The van der Waals surface area contributed by atoms with Crippen molar-refractivity contribution < 1.29 is 17.9 Å². The van der Waals surface area contributed by atoms with Gasteiger partial charge in [-0.2, -0.15) is 0 Å². The molecule has 1 aliphatic heterocycles. The number of carbonyl (C=O) groups excluding carboxylic acids is 1. The summed E-state index contributed by atoms with van der Waals surface area (Å²) in [5.41, 5.74) is 1.16. The number of benzene rings is 1. The predicted molar refractivity (Wildman–Crippen MR) is 99.4 cm³/mol. The number of hydrogen-bond donors (Lipinski definition) is 1. The first-order valence-corrected chi connectivity index (χ1v) is 10.9. The summed E-state index contributed by atoms with van der Waals surface area (Å²) in [6.07, 6.45) is 5.58. The molecular weight excluding hydrogens is 352 g/mol. The number of primary sulfonamides is 1. The summed E-state index contributed by atoms with van der Waals surface area (Å²) < 4.78 is 29.5. The molecule has 2 aliphatic rings. The van der Waals surface area contributed by atoms with Crippen molar-refractivity contribution in [3.63, 3.8) is 0 Å². The van der Waals surface area contributed by atoms with Crippen molar-refractivity contribution in [3.8, 4) is 0 Å². The Morgan fingerprint density at radius 3 is 2.65 bits per heavy atom. The molecular formula is C19H28N2O4S. The van der Waals surface area contributed by atoms with Crippen LogP contribution in [-0.4, -0.2) is 44.5 Å². The lowest BCUT2D eigenvalue weighted by molar-refractivity contribution is -0.0874. The minimum atomic E-state index is -3.84. The van der Waals surface area contributed by atoms with Gasteiger partial charge in [0, 0.05) is 18.7 Å². The molecule has 1 saturated carbocycles. The van der Waals surface area contributed by atoms with Gasteiger partial charge in [-0.1, -0.05) is 25.8 Å². The second-order valence-corrected chi connectivity index (χ2v) is 9.07. The Bertz CT molecular complexity index is 774. The molecule has 2 atom stereocenters. The molecule has 1 amide bonds. The van der Waals surface area contributed by atoms with Crippen LogP contribution in [0.5, 0.6) is 0 Å². The fourth-order valence-corrected chi connectivity index (χ4v) is 4.07. The first-order chi connectivity index (χ1) is 12.3. The Labute approximate surface area is 155 Å². The van der Waals surface area contributed by atoms with E-state index in [-0.39, 0.29) is 23.0 Å². The quantitative estimate of drug-likeness (QED) is 0.821. The average molecular weight is 381 g/mol. The number of rotatable bonds is 6. The molecule has 0 unspecified atom stereocenters. The van der Waals surface area contributed by atoms with Crippen LogP contribution < -0.4 is 5.14 Å². The number of nitrogens with zero attached hydrogens (tertiary/aromatic N) is 1. The average Bonchev–Trinajstić information content (AvgIpc) is 3.43. The molecule has 7 heteroatoms. The van der Waals surface area contributed by atoms with Gasteiger partial charge in [0.2, 0.25) is 10.0 Å². The summed E-state index contributed by atoms with van der Waals surface area (Å²) in [5.74, 6) is 0.412. The molecule has 1 aliphatic carbocycles. The highest BCUT2D eigenvalue weighted by atomic mass is 32.2. The molecule has 0 aromatic heterocycles. The monoisotopic (exact) mass is 380 g/mol. The van der Waals surface area contributed by atoms with Crippen LogP contribution in [0.25, 0.3) is 0 Å². The van der Waals surface area contributed by atoms with Gasteiger partial charge >= 0.3 is 0 Å². The smallest absolute Gasteiger partial charge is 0.254 e. The van der Waals surface area contributed by atoms with Gasteiger partial charge in [0.15, 0.2) is 0 Å². The van der Waals surface area contributed by atoms with Crippen molar-refractivity contribution in [3.05, 3.63) is 29.3 Å². The molecule has 0 radical (unpaired) electrons. The third kappa shape index (κ3) is 4.45. The van der Waals surface area contributed by atoms with Gasteiger partial charge in [0.05, 0.1) is 17.1 Å². The molecule has 2 N–H and O–H groups in total. The van der Waals surface area contributed by atoms with Gasteiger partial charge in [0.25, 0.3) is 5.91 Å². The molecule has 1 aromatic carbocycles. The molecule has 2 fully saturated rings. The van der Waals surface area contributed by atoms with E-state index in [0.717, 1.165) is 37.7 Å². The molecule has 1 heterocycles. The zero-order valence-corrected chi connectivity index (χ0v) is 16.3. The van der Waals surface area contributed by atoms with Crippen molar-refractivity contribution in [2.45, 2.75) is 63.1 Å².